The minimum Gasteiger partial charge on any atom is -0.464 e. The topological polar surface area (TPSA) is 419 Å². The Hall–Kier alpha value is -5.13. The van der Waals surface area contributed by atoms with Gasteiger partial charge < -0.3 is 88.6 Å². The Morgan fingerprint density at radius 1 is 0.350 bits per heavy atom. The summed E-state index contributed by atoms with van der Waals surface area (Å²) in [4.78, 5) is 98.2. The molecule has 0 aromatic carbocycles. The Morgan fingerprint density at radius 3 is 0.920 bits per heavy atom. The average Bonchev–Trinajstić information content (AvgIpc) is 1.62. The summed E-state index contributed by atoms with van der Waals surface area (Å²) in [6, 6.07) is 0. The number of hydrogen-bond donors (Lipinski definition) is 9. The van der Waals surface area contributed by atoms with E-state index in [-0.39, 0.29) is 18.3 Å². The smallest absolute Gasteiger partial charge is 0.337 e. The van der Waals surface area contributed by atoms with Crippen LogP contribution in [0, 0.1) is 23.7 Å². The Bertz CT molecular complexity index is 2190. The lowest BCUT2D eigenvalue weighted by molar-refractivity contribution is -0.167. The molecule has 598 valence electrons. The Kier molecular flexibility index (Phi) is 60.4. The number of aliphatic hydroxyl groups is 9. The first kappa shape index (κ1) is 111. The minimum absolute atomic E-state index is 0.0453. The molecule has 27 nitrogen and oxygen atoms in total. The van der Waals surface area contributed by atoms with Crippen molar-refractivity contribution in [3.05, 3.63) is 0 Å². The first-order valence-electron chi connectivity index (χ1n) is 34.7. The summed E-state index contributed by atoms with van der Waals surface area (Å²) < 4.78 is 43.3. The highest BCUT2D eigenvalue weighted by atomic mass is 16.6. The van der Waals surface area contributed by atoms with E-state index in [0.717, 1.165) is 64.2 Å². The van der Waals surface area contributed by atoms with Gasteiger partial charge in [0.2, 0.25) is 0 Å². The Morgan fingerprint density at radius 2 is 0.660 bits per heavy atom. The van der Waals surface area contributed by atoms with Gasteiger partial charge in [-0.15, -0.1) is 0 Å². The second-order valence-electron chi connectivity index (χ2n) is 30.4. The molecule has 1 aliphatic carbocycles. The second-order valence-corrected chi connectivity index (χ2v) is 30.4. The van der Waals surface area contributed by atoms with E-state index >= 15 is 0 Å². The molecule has 0 heterocycles. The third kappa shape index (κ3) is 75.5. The van der Waals surface area contributed by atoms with Crippen molar-refractivity contribution in [1.82, 2.24) is 0 Å². The van der Waals surface area contributed by atoms with E-state index in [1.54, 1.807) is 20.8 Å². The first-order chi connectivity index (χ1) is 44.6. The maximum absolute atomic E-state index is 11.2. The fourth-order valence-corrected chi connectivity index (χ4v) is 5.36. The highest BCUT2D eigenvalue weighted by molar-refractivity contribution is 5.81. The predicted molar refractivity (Wildman–Crippen MR) is 382 cm³/mol. The standard InChI is InChI=1S/C10H20O3.C9H16O3.2C9H18O3.2C8H16O3.2C7H14O3.C6H12O3/c1-7(2)6-8(3)13-9(11)10(4,5)12;1-9(2,11)8(10)12-7-5-3-4-6-7;1-7(2)5-6-12-8(10)9(3,4)11;1-5-7(2)6-12-8(10)9(3,4)11;1-6(2)5-11-7(9)8(3,4)10;1-4-5-6-11-7(9)8(2,3)10;1-5(2)10-6(8)7(3,4)9;1-4-5-10-6(8)7(2,3)9;1-4-9-5(7)6(2,3)8/h7-8,12H,6H2,1-5H3;7,11H,3-6H2,1-2H3;2*7,11H,5-6H2,1-4H3;6,10H,5H2,1-4H3;10H,4-6H2,1-3H3;5,9H,1-4H3;9H,4-5H2,1-3H3;8H,4H2,1-3H3. The van der Waals surface area contributed by atoms with Gasteiger partial charge in [0.1, 0.15) is 6.10 Å². The lowest BCUT2D eigenvalue weighted by Crippen LogP contribution is -2.35. The van der Waals surface area contributed by atoms with Crippen molar-refractivity contribution in [3.63, 3.8) is 0 Å². The number of hydrogen-bond acceptors (Lipinski definition) is 27. The number of rotatable bonds is 28. The van der Waals surface area contributed by atoms with Gasteiger partial charge in [-0.3, -0.25) is 0 Å². The highest BCUT2D eigenvalue weighted by Gasteiger charge is 2.32. The third-order valence-corrected chi connectivity index (χ3v) is 11.6. The minimum atomic E-state index is -1.38. The number of carbonyl (C=O) groups is 9. The average molecular weight is 1450 g/mol. The molecule has 0 saturated heterocycles. The van der Waals surface area contributed by atoms with Crippen molar-refractivity contribution in [1.29, 1.82) is 0 Å². The third-order valence-electron chi connectivity index (χ3n) is 11.6. The van der Waals surface area contributed by atoms with Gasteiger partial charge in [-0.25, -0.2) is 43.2 Å². The van der Waals surface area contributed by atoms with E-state index in [1.807, 2.05) is 48.5 Å². The van der Waals surface area contributed by atoms with Gasteiger partial charge in [-0.05, 0) is 227 Å². The van der Waals surface area contributed by atoms with Gasteiger partial charge in [-0.1, -0.05) is 82.1 Å². The molecule has 9 N–H and O–H groups in total. The van der Waals surface area contributed by atoms with E-state index in [0.29, 0.717) is 63.3 Å². The van der Waals surface area contributed by atoms with Crippen molar-refractivity contribution < 1.29 is 132 Å². The van der Waals surface area contributed by atoms with Gasteiger partial charge in [-0.2, -0.15) is 0 Å². The number of esters is 9. The Labute approximate surface area is 601 Å². The molecule has 0 bridgehead atoms. The maximum atomic E-state index is 11.2. The molecule has 2 atom stereocenters. The monoisotopic (exact) mass is 1450 g/mol. The normalized spacial score (nSPS) is 13.2. The van der Waals surface area contributed by atoms with E-state index in [9.17, 15) is 63.6 Å². The summed E-state index contributed by atoms with van der Waals surface area (Å²) in [7, 11) is 0. The molecule has 100 heavy (non-hydrogen) atoms. The molecule has 1 rings (SSSR count). The quantitative estimate of drug-likeness (QED) is 0.0200. The van der Waals surface area contributed by atoms with Crippen LogP contribution in [-0.2, 0) is 85.8 Å². The molecular formula is C73H144O27. The van der Waals surface area contributed by atoms with Gasteiger partial charge in [0, 0.05) is 0 Å². The SMILES string of the molecule is CC(C)(O)C(=O)OC1CCCC1.CC(C)CC(C)OC(=O)C(C)(C)O.CC(C)CCOC(=O)C(C)(C)O.CC(C)COC(=O)C(C)(C)O.CC(C)OC(=O)C(C)(C)O.CCC(C)COC(=O)C(C)(C)O.CCCCOC(=O)C(C)(C)O.CCCOC(=O)C(C)(C)O.CCOC(=O)C(C)(C)O. The van der Waals surface area contributed by atoms with Gasteiger partial charge >= 0.3 is 53.7 Å². The van der Waals surface area contributed by atoms with Crippen LogP contribution in [0.5, 0.6) is 0 Å². The molecular weight excluding hydrogens is 1310 g/mol. The zero-order valence-electron chi connectivity index (χ0n) is 67.7. The predicted octanol–water partition coefficient (Wildman–Crippen LogP) is 9.47. The van der Waals surface area contributed by atoms with Crippen LogP contribution in [0.25, 0.3) is 0 Å². The van der Waals surface area contributed by atoms with Gasteiger partial charge in [0.05, 0.1) is 51.8 Å². The van der Waals surface area contributed by atoms with Crippen LogP contribution >= 0.6 is 0 Å². The molecule has 1 fully saturated rings. The van der Waals surface area contributed by atoms with Gasteiger partial charge in [0.15, 0.2) is 50.4 Å². The second kappa shape index (κ2) is 54.5. The van der Waals surface area contributed by atoms with Gasteiger partial charge in [0.25, 0.3) is 0 Å². The summed E-state index contributed by atoms with van der Waals surface area (Å²) in [5, 5.41) is 82.2. The zero-order chi connectivity index (χ0) is 81.4. The lowest BCUT2D eigenvalue weighted by atomic mass is 10.1. The summed E-state index contributed by atoms with van der Waals surface area (Å²) >= 11 is 0. The maximum Gasteiger partial charge on any atom is 0.337 e. The number of unbranched alkanes of at least 4 members (excludes halogenated alkanes) is 1. The van der Waals surface area contributed by atoms with Crippen molar-refractivity contribution in [2.24, 2.45) is 23.7 Å². The van der Waals surface area contributed by atoms with Crippen molar-refractivity contribution in [2.75, 3.05) is 39.6 Å². The van der Waals surface area contributed by atoms with Crippen molar-refractivity contribution in [3.8, 4) is 0 Å². The summed E-state index contributed by atoms with van der Waals surface area (Å²) in [5.41, 5.74) is -12.3. The molecule has 2 unspecified atom stereocenters. The molecule has 0 aromatic rings. The van der Waals surface area contributed by atoms with Crippen molar-refractivity contribution in [2.45, 2.75) is 354 Å². The van der Waals surface area contributed by atoms with Crippen LogP contribution in [0.3, 0.4) is 0 Å². The fourth-order valence-electron chi connectivity index (χ4n) is 5.36. The van der Waals surface area contributed by atoms with Crippen LogP contribution in [0.2, 0.25) is 0 Å². The highest BCUT2D eigenvalue weighted by Crippen LogP contribution is 2.23. The molecule has 1 saturated carbocycles. The first-order valence-corrected chi connectivity index (χ1v) is 34.7. The molecule has 0 aliphatic heterocycles. The van der Waals surface area contributed by atoms with Crippen LogP contribution in [0.1, 0.15) is 286 Å². The molecule has 0 amide bonds. The fraction of sp³-hybridized carbons (Fsp3) is 0.877. The summed E-state index contributed by atoms with van der Waals surface area (Å²) in [6.45, 7) is 54.8. The number of ether oxygens (including phenoxy) is 9. The number of carbonyl (C=O) groups excluding carboxylic acids is 9. The van der Waals surface area contributed by atoms with Crippen molar-refractivity contribution >= 4 is 53.7 Å². The molecule has 0 spiro atoms. The van der Waals surface area contributed by atoms with E-state index in [1.165, 1.54) is 125 Å². The van der Waals surface area contributed by atoms with Crippen LogP contribution in [-0.4, -0.2) is 208 Å². The van der Waals surface area contributed by atoms with Crippen LogP contribution in [0.15, 0.2) is 0 Å². The lowest BCUT2D eigenvalue weighted by Gasteiger charge is -2.20. The zero-order valence-corrected chi connectivity index (χ0v) is 67.7. The summed E-state index contributed by atoms with van der Waals surface area (Å²) in [6.07, 6.45) is 9.14. The van der Waals surface area contributed by atoms with E-state index < -0.39 is 104 Å². The summed E-state index contributed by atoms with van der Waals surface area (Å²) in [5.74, 6) is -3.33. The molecule has 0 aromatic heterocycles. The van der Waals surface area contributed by atoms with Crippen LogP contribution < -0.4 is 0 Å². The molecule has 27 heteroatoms. The largest absolute Gasteiger partial charge is 0.464 e. The Balaban J connectivity index is -0.000000159. The van der Waals surface area contributed by atoms with Crippen LogP contribution in [0.4, 0.5) is 0 Å². The molecule has 1 aliphatic rings. The van der Waals surface area contributed by atoms with E-state index in [2.05, 4.69) is 37.2 Å². The molecule has 0 radical (unpaired) electrons. The van der Waals surface area contributed by atoms with E-state index in [4.69, 9.17) is 58.7 Å².